The summed E-state index contributed by atoms with van der Waals surface area (Å²) in [5.74, 6) is 1.14. The van der Waals surface area contributed by atoms with E-state index in [4.69, 9.17) is 33.7 Å². The van der Waals surface area contributed by atoms with Crippen LogP contribution in [0.2, 0.25) is 10.0 Å². The number of halogens is 3. The van der Waals surface area contributed by atoms with Gasteiger partial charge in [-0.1, -0.05) is 45.2 Å². The number of hydrogen-bond acceptors (Lipinski definition) is 6. The lowest BCUT2D eigenvalue weighted by molar-refractivity contribution is 0.306. The number of hydrogen-bond donors (Lipinski definition) is 2. The molecule has 2 aromatic carbocycles. The number of hydrazone groups is 1. The van der Waals surface area contributed by atoms with Crippen LogP contribution in [0.25, 0.3) is 0 Å². The Balaban J connectivity index is 1.71. The minimum atomic E-state index is 0.357. The Morgan fingerprint density at radius 1 is 1.23 bits per heavy atom. The number of nitrogens with zero attached hydrogens (tertiary/aromatic N) is 2. The molecule has 9 heteroatoms. The molecule has 0 radical (unpaired) electrons. The molecule has 0 amide bonds. The minimum absolute atomic E-state index is 0.357. The number of anilines is 2. The Hall–Kier alpha value is -1.80. The summed E-state index contributed by atoms with van der Waals surface area (Å²) in [6.07, 6.45) is 1.66. The Kier molecular flexibility index (Phi) is 6.37. The normalized spacial score (nSPS) is 11.0. The molecule has 3 N–H and O–H groups in total. The number of aromatic nitrogens is 1. The fraction of sp³-hybridized carbons (Fsp3) is 0.0588. The number of nitrogens with two attached hydrogens (primary N) is 1. The molecule has 0 aliphatic heterocycles. The Morgan fingerprint density at radius 2 is 2.08 bits per heavy atom. The van der Waals surface area contributed by atoms with Crippen LogP contribution in [0, 0.1) is 0 Å². The van der Waals surface area contributed by atoms with E-state index in [-0.39, 0.29) is 0 Å². The molecule has 5 nitrogen and oxygen atoms in total. The van der Waals surface area contributed by atoms with Gasteiger partial charge >= 0.3 is 0 Å². The molecule has 1 aromatic heterocycles. The highest BCUT2D eigenvalue weighted by Crippen LogP contribution is 2.26. The SMILES string of the molecule is Nc1csc(NN=Cc2cc(Br)ccc2OCc2ccc(Cl)c(Cl)c2)n1. The van der Waals surface area contributed by atoms with Gasteiger partial charge in [-0.05, 0) is 35.9 Å². The third-order valence-electron chi connectivity index (χ3n) is 3.24. The average Bonchev–Trinajstić information content (AvgIpc) is 3.02. The molecule has 134 valence electrons. The molecule has 0 bridgehead atoms. The van der Waals surface area contributed by atoms with Gasteiger partial charge in [-0.3, -0.25) is 5.43 Å². The van der Waals surface area contributed by atoms with Gasteiger partial charge in [0.25, 0.3) is 0 Å². The molecule has 3 rings (SSSR count). The van der Waals surface area contributed by atoms with Gasteiger partial charge in [0, 0.05) is 15.4 Å². The van der Waals surface area contributed by atoms with Crippen LogP contribution in [-0.4, -0.2) is 11.2 Å². The second kappa shape index (κ2) is 8.73. The number of benzene rings is 2. The van der Waals surface area contributed by atoms with Crippen molar-refractivity contribution >= 4 is 67.6 Å². The van der Waals surface area contributed by atoms with Gasteiger partial charge in [-0.2, -0.15) is 5.10 Å². The van der Waals surface area contributed by atoms with E-state index < -0.39 is 0 Å². The summed E-state index contributed by atoms with van der Waals surface area (Å²) in [6.45, 7) is 0.357. The van der Waals surface area contributed by atoms with Crippen molar-refractivity contribution in [3.05, 3.63) is 67.4 Å². The van der Waals surface area contributed by atoms with E-state index in [2.05, 4.69) is 31.4 Å². The highest BCUT2D eigenvalue weighted by molar-refractivity contribution is 9.10. The van der Waals surface area contributed by atoms with Crippen LogP contribution in [0.15, 0.2) is 51.4 Å². The first-order valence-corrected chi connectivity index (χ1v) is 9.80. The third kappa shape index (κ3) is 5.11. The maximum atomic E-state index is 6.04. The van der Waals surface area contributed by atoms with Crippen LogP contribution in [-0.2, 0) is 6.61 Å². The zero-order valence-electron chi connectivity index (χ0n) is 13.2. The monoisotopic (exact) mass is 470 g/mol. The number of rotatable bonds is 6. The van der Waals surface area contributed by atoms with Gasteiger partial charge in [0.15, 0.2) is 0 Å². The molecular formula is C17H13BrCl2N4OS. The molecule has 0 spiro atoms. The number of thiazole rings is 1. The van der Waals surface area contributed by atoms with Gasteiger partial charge in [0.2, 0.25) is 5.13 Å². The highest BCUT2D eigenvalue weighted by atomic mass is 79.9. The average molecular weight is 472 g/mol. The first kappa shape index (κ1) is 19.0. The summed E-state index contributed by atoms with van der Waals surface area (Å²) in [5, 5.41) is 7.55. The maximum absolute atomic E-state index is 6.04. The molecule has 0 atom stereocenters. The van der Waals surface area contributed by atoms with Crippen LogP contribution in [0.1, 0.15) is 11.1 Å². The second-order valence-electron chi connectivity index (χ2n) is 5.17. The third-order valence-corrected chi connectivity index (χ3v) is 5.23. The molecule has 3 aromatic rings. The van der Waals surface area contributed by atoms with Crippen LogP contribution >= 0.6 is 50.5 Å². The standard InChI is InChI=1S/C17H13BrCl2N4OS/c18-12-2-4-15(25-8-10-1-3-13(19)14(20)5-10)11(6-12)7-22-24-17-23-16(21)9-26-17/h1-7,9H,8,21H2,(H,23,24). The largest absolute Gasteiger partial charge is 0.488 e. The lowest BCUT2D eigenvalue weighted by atomic mass is 10.2. The first-order chi connectivity index (χ1) is 12.5. The van der Waals surface area contributed by atoms with Crippen molar-refractivity contribution in [3.63, 3.8) is 0 Å². The highest BCUT2D eigenvalue weighted by Gasteiger charge is 2.05. The van der Waals surface area contributed by atoms with Crippen molar-refractivity contribution in [1.82, 2.24) is 4.98 Å². The molecule has 26 heavy (non-hydrogen) atoms. The molecular weight excluding hydrogens is 459 g/mol. The fourth-order valence-electron chi connectivity index (χ4n) is 2.04. The predicted molar refractivity (Wildman–Crippen MR) is 113 cm³/mol. The number of nitrogens with one attached hydrogen (secondary N) is 1. The lowest BCUT2D eigenvalue weighted by Gasteiger charge is -2.10. The van der Waals surface area contributed by atoms with E-state index in [1.165, 1.54) is 11.3 Å². The topological polar surface area (TPSA) is 72.5 Å². The summed E-state index contributed by atoms with van der Waals surface area (Å²) in [7, 11) is 0. The van der Waals surface area contributed by atoms with Crippen molar-refractivity contribution in [1.29, 1.82) is 0 Å². The fourth-order valence-corrected chi connectivity index (χ4v) is 3.28. The van der Waals surface area contributed by atoms with Crippen molar-refractivity contribution in [3.8, 4) is 5.75 Å². The van der Waals surface area contributed by atoms with E-state index in [1.807, 2.05) is 24.3 Å². The Bertz CT molecular complexity index is 948. The van der Waals surface area contributed by atoms with Crippen LogP contribution in [0.5, 0.6) is 5.75 Å². The molecule has 0 fully saturated rings. The number of ether oxygens (including phenoxy) is 1. The van der Waals surface area contributed by atoms with Gasteiger partial charge < -0.3 is 10.5 Å². The summed E-state index contributed by atoms with van der Waals surface area (Å²) < 4.78 is 6.82. The van der Waals surface area contributed by atoms with E-state index in [0.717, 1.165) is 15.6 Å². The first-order valence-electron chi connectivity index (χ1n) is 7.37. The number of nitrogen functional groups attached to an aromatic ring is 1. The smallest absolute Gasteiger partial charge is 0.205 e. The quantitative estimate of drug-likeness (QED) is 0.351. The van der Waals surface area contributed by atoms with Crippen LogP contribution in [0.4, 0.5) is 10.9 Å². The van der Waals surface area contributed by atoms with E-state index >= 15 is 0 Å². The van der Waals surface area contributed by atoms with E-state index in [1.54, 1.807) is 23.7 Å². The molecule has 0 aliphatic carbocycles. The van der Waals surface area contributed by atoms with Gasteiger partial charge in [0.05, 0.1) is 16.3 Å². The maximum Gasteiger partial charge on any atom is 0.205 e. The molecule has 0 unspecified atom stereocenters. The Labute approximate surface area is 172 Å². The summed E-state index contributed by atoms with van der Waals surface area (Å²) in [6, 6.07) is 11.1. The zero-order chi connectivity index (χ0) is 18.5. The van der Waals surface area contributed by atoms with Crippen molar-refractivity contribution < 1.29 is 4.74 Å². The van der Waals surface area contributed by atoms with Crippen LogP contribution < -0.4 is 15.9 Å². The van der Waals surface area contributed by atoms with Crippen molar-refractivity contribution in [2.45, 2.75) is 6.61 Å². The summed E-state index contributed by atoms with van der Waals surface area (Å²) >= 11 is 16.8. The molecule has 0 saturated carbocycles. The van der Waals surface area contributed by atoms with Crippen molar-refractivity contribution in [2.75, 3.05) is 11.2 Å². The van der Waals surface area contributed by atoms with E-state index in [0.29, 0.717) is 33.4 Å². The predicted octanol–water partition coefficient (Wildman–Crippen LogP) is 5.82. The molecule has 0 saturated heterocycles. The molecule has 1 heterocycles. The van der Waals surface area contributed by atoms with Gasteiger partial charge in [-0.25, -0.2) is 4.98 Å². The Morgan fingerprint density at radius 3 is 2.81 bits per heavy atom. The summed E-state index contributed by atoms with van der Waals surface area (Å²) in [5.41, 5.74) is 10.1. The summed E-state index contributed by atoms with van der Waals surface area (Å²) in [4.78, 5) is 4.08. The van der Waals surface area contributed by atoms with Crippen molar-refractivity contribution in [2.24, 2.45) is 5.10 Å². The lowest BCUT2D eigenvalue weighted by Crippen LogP contribution is -1.99. The van der Waals surface area contributed by atoms with Gasteiger partial charge in [0.1, 0.15) is 18.2 Å². The van der Waals surface area contributed by atoms with E-state index in [9.17, 15) is 0 Å². The zero-order valence-corrected chi connectivity index (χ0v) is 17.2. The molecule has 0 aliphatic rings. The van der Waals surface area contributed by atoms with Gasteiger partial charge in [-0.15, -0.1) is 11.3 Å². The minimum Gasteiger partial charge on any atom is -0.488 e. The second-order valence-corrected chi connectivity index (χ2v) is 7.75. The van der Waals surface area contributed by atoms with Crippen LogP contribution in [0.3, 0.4) is 0 Å².